The van der Waals surface area contributed by atoms with E-state index in [1.54, 1.807) is 4.90 Å². The van der Waals surface area contributed by atoms with E-state index in [0.29, 0.717) is 6.42 Å². The molecule has 18 heavy (non-hydrogen) atoms. The highest BCUT2D eigenvalue weighted by Gasteiger charge is 2.16. The van der Waals surface area contributed by atoms with Gasteiger partial charge in [0.1, 0.15) is 0 Å². The fourth-order valence-corrected chi connectivity index (χ4v) is 2.59. The molecule has 1 aromatic rings. The van der Waals surface area contributed by atoms with E-state index < -0.39 is 0 Å². The molecule has 0 saturated carbocycles. The Morgan fingerprint density at radius 1 is 1.44 bits per heavy atom. The molecular formula is C14H19NO2S. The van der Waals surface area contributed by atoms with Gasteiger partial charge in [0.25, 0.3) is 5.91 Å². The maximum Gasteiger partial charge on any atom is 0.263 e. The van der Waals surface area contributed by atoms with Crippen molar-refractivity contribution in [1.29, 1.82) is 0 Å². The highest BCUT2D eigenvalue weighted by molar-refractivity contribution is 7.14. The fourth-order valence-electron chi connectivity index (χ4n) is 1.58. The first-order valence-corrected chi connectivity index (χ1v) is 6.95. The Morgan fingerprint density at radius 3 is 2.67 bits per heavy atom. The lowest BCUT2D eigenvalue weighted by Crippen LogP contribution is -2.29. The molecule has 1 heterocycles. The smallest absolute Gasteiger partial charge is 0.263 e. The molecule has 0 atom stereocenters. The summed E-state index contributed by atoms with van der Waals surface area (Å²) >= 11 is 1.43. The average molecular weight is 265 g/mol. The molecular weight excluding hydrogens is 246 g/mol. The molecule has 3 nitrogen and oxygen atoms in total. The quantitative estimate of drug-likeness (QED) is 0.848. The van der Waals surface area contributed by atoms with Gasteiger partial charge in [-0.3, -0.25) is 4.79 Å². The summed E-state index contributed by atoms with van der Waals surface area (Å²) in [7, 11) is 0. The molecule has 0 radical (unpaired) electrons. The Balaban J connectivity index is 2.91. The number of aliphatic hydroxyl groups excluding tert-OH is 1. The van der Waals surface area contributed by atoms with E-state index in [1.807, 2.05) is 26.8 Å². The zero-order chi connectivity index (χ0) is 13.5. The average Bonchev–Trinajstić information content (AvgIpc) is 2.73. The lowest BCUT2D eigenvalue weighted by Gasteiger charge is -2.17. The van der Waals surface area contributed by atoms with Crippen LogP contribution in [-0.2, 0) is 0 Å². The Labute approximate surface area is 112 Å². The van der Waals surface area contributed by atoms with Crippen LogP contribution in [0.4, 0.5) is 0 Å². The Bertz CT molecular complexity index is 464. The van der Waals surface area contributed by atoms with Crippen LogP contribution in [0.1, 0.15) is 40.4 Å². The van der Waals surface area contributed by atoms with Gasteiger partial charge in [-0.1, -0.05) is 11.8 Å². The molecule has 1 rings (SSSR count). The first-order valence-electron chi connectivity index (χ1n) is 6.13. The van der Waals surface area contributed by atoms with Gasteiger partial charge in [-0.15, -0.1) is 11.3 Å². The number of hydrogen-bond donors (Lipinski definition) is 1. The number of amides is 1. The first kappa shape index (κ1) is 14.7. The van der Waals surface area contributed by atoms with Crippen molar-refractivity contribution >= 4 is 17.2 Å². The van der Waals surface area contributed by atoms with Gasteiger partial charge < -0.3 is 10.0 Å². The van der Waals surface area contributed by atoms with Crippen LogP contribution in [0.2, 0.25) is 0 Å². The van der Waals surface area contributed by atoms with Gasteiger partial charge in [-0.25, -0.2) is 0 Å². The molecule has 1 amide bonds. The molecule has 0 aliphatic rings. The third-order valence-corrected chi connectivity index (χ3v) is 3.76. The molecule has 0 unspecified atom stereocenters. The van der Waals surface area contributed by atoms with Crippen molar-refractivity contribution in [2.24, 2.45) is 0 Å². The SMILES string of the molecule is CCN(CC)C(=O)c1cc(C)c(C#CCCO)s1. The number of hydrogen-bond acceptors (Lipinski definition) is 3. The van der Waals surface area contributed by atoms with Crippen molar-refractivity contribution in [3.05, 3.63) is 21.4 Å². The largest absolute Gasteiger partial charge is 0.395 e. The van der Waals surface area contributed by atoms with Crippen molar-refractivity contribution < 1.29 is 9.90 Å². The lowest BCUT2D eigenvalue weighted by atomic mass is 10.2. The van der Waals surface area contributed by atoms with Gasteiger partial charge >= 0.3 is 0 Å². The van der Waals surface area contributed by atoms with Crippen molar-refractivity contribution in [2.45, 2.75) is 27.2 Å². The minimum Gasteiger partial charge on any atom is -0.395 e. The predicted molar refractivity (Wildman–Crippen MR) is 74.9 cm³/mol. The van der Waals surface area contributed by atoms with Crippen molar-refractivity contribution in [3.8, 4) is 11.8 Å². The molecule has 4 heteroatoms. The van der Waals surface area contributed by atoms with Crippen molar-refractivity contribution in [2.75, 3.05) is 19.7 Å². The summed E-state index contributed by atoms with van der Waals surface area (Å²) in [5.74, 6) is 5.96. The topological polar surface area (TPSA) is 40.5 Å². The highest BCUT2D eigenvalue weighted by atomic mass is 32.1. The molecule has 98 valence electrons. The third-order valence-electron chi connectivity index (χ3n) is 2.62. The highest BCUT2D eigenvalue weighted by Crippen LogP contribution is 2.22. The van der Waals surface area contributed by atoms with Gasteiger partial charge in [0.15, 0.2) is 0 Å². The molecule has 1 N–H and O–H groups in total. The number of thiophene rings is 1. The minimum absolute atomic E-state index is 0.0721. The second kappa shape index (κ2) is 7.20. The summed E-state index contributed by atoms with van der Waals surface area (Å²) < 4.78 is 0. The van der Waals surface area contributed by atoms with Gasteiger partial charge in [-0.2, -0.15) is 0 Å². The Morgan fingerprint density at radius 2 is 2.11 bits per heavy atom. The normalized spacial score (nSPS) is 9.78. The molecule has 1 aromatic heterocycles. The number of rotatable bonds is 4. The molecule has 0 fully saturated rings. The first-order chi connectivity index (χ1) is 8.63. The van der Waals surface area contributed by atoms with Crippen LogP contribution >= 0.6 is 11.3 Å². The predicted octanol–water partition coefficient (Wildman–Crippen LogP) is 2.27. The Kier molecular flexibility index (Phi) is 5.90. The minimum atomic E-state index is 0.0721. The number of nitrogens with zero attached hydrogens (tertiary/aromatic N) is 1. The second-order valence-corrected chi connectivity index (χ2v) is 4.93. The van der Waals surface area contributed by atoms with E-state index in [4.69, 9.17) is 5.11 Å². The Hall–Kier alpha value is -1.31. The molecule has 0 aromatic carbocycles. The maximum atomic E-state index is 12.2. The summed E-state index contributed by atoms with van der Waals surface area (Å²) in [4.78, 5) is 15.6. The van der Waals surface area contributed by atoms with Gasteiger partial charge in [-0.05, 0) is 32.4 Å². The van der Waals surface area contributed by atoms with E-state index in [1.165, 1.54) is 11.3 Å². The van der Waals surface area contributed by atoms with E-state index in [0.717, 1.165) is 28.4 Å². The summed E-state index contributed by atoms with van der Waals surface area (Å²) in [6.45, 7) is 7.42. The van der Waals surface area contributed by atoms with Crippen LogP contribution in [0.15, 0.2) is 6.07 Å². The van der Waals surface area contributed by atoms with Gasteiger partial charge in [0.05, 0.1) is 16.4 Å². The lowest BCUT2D eigenvalue weighted by molar-refractivity contribution is 0.0778. The van der Waals surface area contributed by atoms with Crippen LogP contribution < -0.4 is 0 Å². The number of carbonyl (C=O) groups is 1. The van der Waals surface area contributed by atoms with E-state index >= 15 is 0 Å². The summed E-state index contributed by atoms with van der Waals surface area (Å²) in [5.41, 5.74) is 1.03. The second-order valence-electron chi connectivity index (χ2n) is 3.88. The molecule has 0 aliphatic heterocycles. The van der Waals surface area contributed by atoms with Crippen LogP contribution in [0.5, 0.6) is 0 Å². The molecule has 0 bridgehead atoms. The van der Waals surface area contributed by atoms with Crippen LogP contribution in [0.3, 0.4) is 0 Å². The van der Waals surface area contributed by atoms with Crippen LogP contribution in [-0.4, -0.2) is 35.6 Å². The summed E-state index contributed by atoms with van der Waals surface area (Å²) in [6, 6.07) is 1.90. The van der Waals surface area contributed by atoms with Crippen molar-refractivity contribution in [1.82, 2.24) is 4.90 Å². The summed E-state index contributed by atoms with van der Waals surface area (Å²) in [5, 5.41) is 8.68. The maximum absolute atomic E-state index is 12.2. The van der Waals surface area contributed by atoms with E-state index in [2.05, 4.69) is 11.8 Å². The fraction of sp³-hybridized carbons (Fsp3) is 0.500. The number of aliphatic hydroxyl groups is 1. The number of aryl methyl sites for hydroxylation is 1. The van der Waals surface area contributed by atoms with Gasteiger partial charge in [0.2, 0.25) is 0 Å². The van der Waals surface area contributed by atoms with E-state index in [9.17, 15) is 4.79 Å². The summed E-state index contributed by atoms with van der Waals surface area (Å²) in [6.07, 6.45) is 0.469. The molecule has 0 spiro atoms. The third kappa shape index (κ3) is 3.59. The molecule has 0 aliphatic carbocycles. The molecule has 0 saturated heterocycles. The number of carbonyl (C=O) groups excluding carboxylic acids is 1. The zero-order valence-electron chi connectivity index (χ0n) is 11.1. The monoisotopic (exact) mass is 265 g/mol. The standard InChI is InChI=1S/C14H19NO2S/c1-4-15(5-2)14(17)13-10-11(3)12(18-13)8-6-7-9-16/h10,16H,4-5,7,9H2,1-3H3. The van der Waals surface area contributed by atoms with Crippen LogP contribution in [0.25, 0.3) is 0 Å². The van der Waals surface area contributed by atoms with Crippen molar-refractivity contribution in [3.63, 3.8) is 0 Å². The van der Waals surface area contributed by atoms with Crippen LogP contribution in [0, 0.1) is 18.8 Å². The van der Waals surface area contributed by atoms with E-state index in [-0.39, 0.29) is 12.5 Å². The zero-order valence-corrected chi connectivity index (χ0v) is 11.9. The van der Waals surface area contributed by atoms with Gasteiger partial charge in [0, 0.05) is 19.5 Å².